The van der Waals surface area contributed by atoms with Crippen LogP contribution in [0.5, 0.6) is 0 Å². The number of benzene rings is 1. The van der Waals surface area contributed by atoms with E-state index in [0.29, 0.717) is 47.1 Å². The van der Waals surface area contributed by atoms with Crippen molar-refractivity contribution in [2.24, 2.45) is 5.41 Å². The fourth-order valence-corrected chi connectivity index (χ4v) is 6.70. The predicted octanol–water partition coefficient (Wildman–Crippen LogP) is 3.75. The highest BCUT2D eigenvalue weighted by Gasteiger charge is 2.36. The first-order chi connectivity index (χ1) is 21.4. The fraction of sp³-hybridized carbons (Fsp3) is 0.406. The predicted molar refractivity (Wildman–Crippen MR) is 172 cm³/mol. The number of allylic oxidation sites excluding steroid dienone is 1. The number of rotatable bonds is 7. The topological polar surface area (TPSA) is 116 Å². The Balaban J connectivity index is 1.13. The third kappa shape index (κ3) is 5.19. The molecule has 0 unspecified atom stereocenters. The third-order valence-electron chi connectivity index (χ3n) is 9.41. The van der Waals surface area contributed by atoms with Gasteiger partial charge in [-0.1, -0.05) is 12.1 Å². The number of urea groups is 1. The number of nitrogens with one attached hydrogen (secondary N) is 2. The van der Waals surface area contributed by atoms with Gasteiger partial charge in [0, 0.05) is 43.8 Å². The summed E-state index contributed by atoms with van der Waals surface area (Å²) in [5, 5.41) is 6.47. The summed E-state index contributed by atoms with van der Waals surface area (Å²) in [5.41, 5.74) is 2.77. The fourth-order valence-electron chi connectivity index (χ4n) is 6.70. The largest absolute Gasteiger partial charge is 0.371 e. The molecule has 44 heavy (non-hydrogen) atoms. The average Bonchev–Trinajstić information content (AvgIpc) is 3.60. The minimum atomic E-state index is -0.245. The molecule has 6 heterocycles. The van der Waals surface area contributed by atoms with Gasteiger partial charge in [0.15, 0.2) is 11.5 Å². The van der Waals surface area contributed by atoms with Crippen molar-refractivity contribution in [1.82, 2.24) is 34.5 Å². The summed E-state index contributed by atoms with van der Waals surface area (Å²) < 4.78 is 3.19. The maximum absolute atomic E-state index is 13.4. The number of nitrogens with zero attached hydrogens (tertiary/aromatic N) is 8. The molecular weight excluding hydrogens is 556 g/mol. The number of hydrogen-bond acceptors (Lipinski definition) is 8. The first kappa shape index (κ1) is 28.1. The van der Waals surface area contributed by atoms with Gasteiger partial charge in [0.2, 0.25) is 5.95 Å². The number of anilines is 4. The number of carbonyl (C=O) groups excluding carboxylic acids is 1. The van der Waals surface area contributed by atoms with Gasteiger partial charge >= 0.3 is 6.03 Å². The van der Waals surface area contributed by atoms with Gasteiger partial charge in [-0.05, 0) is 87.6 Å². The highest BCUT2D eigenvalue weighted by molar-refractivity contribution is 5.93. The van der Waals surface area contributed by atoms with E-state index in [1.807, 2.05) is 18.2 Å². The summed E-state index contributed by atoms with van der Waals surface area (Å²) in [6, 6.07) is 13.6. The van der Waals surface area contributed by atoms with E-state index in [4.69, 9.17) is 9.97 Å². The number of piperidine rings is 2. The van der Waals surface area contributed by atoms with Crippen LogP contribution in [-0.2, 0) is 6.54 Å². The summed E-state index contributed by atoms with van der Waals surface area (Å²) in [7, 11) is 2.23. The lowest BCUT2D eigenvalue weighted by atomic mass is 9.71. The molecule has 228 valence electrons. The van der Waals surface area contributed by atoms with E-state index in [1.165, 1.54) is 49.1 Å². The van der Waals surface area contributed by atoms with Crippen molar-refractivity contribution in [1.29, 1.82) is 0 Å². The zero-order chi connectivity index (χ0) is 30.3. The monoisotopic (exact) mass is 594 g/mol. The van der Waals surface area contributed by atoms with Crippen LogP contribution in [0.3, 0.4) is 0 Å². The second-order valence-corrected chi connectivity index (χ2v) is 12.1. The van der Waals surface area contributed by atoms with Crippen molar-refractivity contribution in [2.45, 2.75) is 32.2 Å². The Bertz CT molecular complexity index is 1740. The third-order valence-corrected chi connectivity index (χ3v) is 9.41. The van der Waals surface area contributed by atoms with Crippen molar-refractivity contribution in [3.8, 4) is 5.82 Å². The van der Waals surface area contributed by atoms with Crippen LogP contribution in [0.1, 0.15) is 25.7 Å². The molecule has 12 heteroatoms. The molecule has 3 aliphatic rings. The molecule has 3 fully saturated rings. The molecule has 1 spiro atoms. The second kappa shape index (κ2) is 11.4. The van der Waals surface area contributed by atoms with Crippen LogP contribution in [0.25, 0.3) is 16.9 Å². The number of hydrogen-bond donors (Lipinski definition) is 2. The Kier molecular flexibility index (Phi) is 7.29. The molecule has 12 nitrogen and oxygen atoms in total. The van der Waals surface area contributed by atoms with Crippen molar-refractivity contribution in [3.63, 3.8) is 0 Å². The maximum atomic E-state index is 13.4. The van der Waals surface area contributed by atoms with Crippen LogP contribution < -0.4 is 26.0 Å². The summed E-state index contributed by atoms with van der Waals surface area (Å²) in [5.74, 6) is 1.33. The smallest absolute Gasteiger partial charge is 0.323 e. The molecule has 3 aliphatic heterocycles. The van der Waals surface area contributed by atoms with Gasteiger partial charge in [0.25, 0.3) is 5.56 Å². The second-order valence-electron chi connectivity index (χ2n) is 12.1. The molecule has 3 saturated heterocycles. The highest BCUT2D eigenvalue weighted by Crippen LogP contribution is 2.42. The zero-order valence-corrected chi connectivity index (χ0v) is 25.1. The lowest BCUT2D eigenvalue weighted by Gasteiger charge is -2.46. The molecule has 4 aromatic rings. The Hall–Kier alpha value is -4.71. The number of aromatic nitrogens is 5. The molecule has 2 N–H and O–H groups in total. The van der Waals surface area contributed by atoms with E-state index < -0.39 is 0 Å². The van der Waals surface area contributed by atoms with Gasteiger partial charge in [0.1, 0.15) is 11.2 Å². The van der Waals surface area contributed by atoms with E-state index in [9.17, 15) is 9.59 Å². The van der Waals surface area contributed by atoms with Crippen molar-refractivity contribution in [3.05, 3.63) is 71.7 Å². The molecule has 0 saturated carbocycles. The lowest BCUT2D eigenvalue weighted by Crippen LogP contribution is -2.46. The average molecular weight is 595 g/mol. The van der Waals surface area contributed by atoms with Gasteiger partial charge < -0.3 is 20.4 Å². The summed E-state index contributed by atoms with van der Waals surface area (Å²) in [4.78, 5) is 46.1. The van der Waals surface area contributed by atoms with Crippen molar-refractivity contribution >= 4 is 40.2 Å². The molecule has 0 atom stereocenters. The first-order valence-electron chi connectivity index (χ1n) is 15.4. The number of amides is 2. The van der Waals surface area contributed by atoms with Crippen LogP contribution in [0, 0.1) is 5.41 Å². The summed E-state index contributed by atoms with van der Waals surface area (Å²) in [6.45, 7) is 9.76. The van der Waals surface area contributed by atoms with Crippen LogP contribution >= 0.6 is 0 Å². The molecule has 1 aromatic carbocycles. The molecule has 3 aromatic heterocycles. The van der Waals surface area contributed by atoms with Crippen LogP contribution in [0.15, 0.2) is 66.1 Å². The van der Waals surface area contributed by atoms with E-state index in [2.05, 4.69) is 51.2 Å². The molecule has 7 rings (SSSR count). The Labute approximate surface area is 256 Å². The number of fused-ring (bicyclic) bond motifs is 1. The minimum Gasteiger partial charge on any atom is -0.371 e. The standard InChI is InChI=1S/C32H38N10O2/c1-3-16-41-29(43)25-22-34-30(37-28(25)42(41)27-6-4-5-26(36-27)40-21-15-33-31(40)44)35-23-7-9-24(10-8-23)39-19-13-32(14-20-39)11-17-38(2)18-12-32/h3-10,22H,1,11-21H2,2H3,(H,33,44)(H,34,35,37). The van der Waals surface area contributed by atoms with Crippen LogP contribution in [-0.4, -0.2) is 81.6 Å². The number of pyridine rings is 1. The van der Waals surface area contributed by atoms with E-state index in [0.717, 1.165) is 18.8 Å². The lowest BCUT2D eigenvalue weighted by molar-refractivity contribution is 0.0945. The molecule has 0 aliphatic carbocycles. The Morgan fingerprint density at radius 2 is 1.68 bits per heavy atom. The number of likely N-dealkylation sites (tertiary alicyclic amines) is 1. The van der Waals surface area contributed by atoms with Gasteiger partial charge in [-0.3, -0.25) is 9.69 Å². The minimum absolute atomic E-state index is 0.197. The van der Waals surface area contributed by atoms with Gasteiger partial charge in [-0.2, -0.15) is 4.98 Å². The Morgan fingerprint density at radius 1 is 0.955 bits per heavy atom. The van der Waals surface area contributed by atoms with E-state index >= 15 is 0 Å². The number of carbonyl (C=O) groups is 1. The molecule has 0 bridgehead atoms. The first-order valence-corrected chi connectivity index (χ1v) is 15.4. The van der Waals surface area contributed by atoms with E-state index in [1.54, 1.807) is 34.0 Å². The summed E-state index contributed by atoms with van der Waals surface area (Å²) >= 11 is 0. The van der Waals surface area contributed by atoms with Crippen LogP contribution in [0.4, 0.5) is 27.9 Å². The molecule has 2 amide bonds. The summed E-state index contributed by atoms with van der Waals surface area (Å²) in [6.07, 6.45) is 8.33. The quantitative estimate of drug-likeness (QED) is 0.311. The van der Waals surface area contributed by atoms with Gasteiger partial charge in [-0.15, -0.1) is 6.58 Å². The Morgan fingerprint density at radius 3 is 2.39 bits per heavy atom. The normalized spacial score (nSPS) is 18.6. The maximum Gasteiger partial charge on any atom is 0.323 e. The van der Waals surface area contributed by atoms with Crippen molar-refractivity contribution in [2.75, 3.05) is 61.4 Å². The van der Waals surface area contributed by atoms with Crippen molar-refractivity contribution < 1.29 is 4.79 Å². The van der Waals surface area contributed by atoms with Gasteiger partial charge in [0.05, 0.1) is 6.54 Å². The molecular formula is C32H38N10O2. The molecule has 0 radical (unpaired) electrons. The highest BCUT2D eigenvalue weighted by atomic mass is 16.2. The van der Waals surface area contributed by atoms with E-state index in [-0.39, 0.29) is 18.1 Å². The SMILES string of the molecule is C=CCn1c(=O)c2cnc(Nc3ccc(N4CCC5(CCN(C)CC5)CC4)cc3)nc2n1-c1cccc(N2CCNC2=O)n1. The zero-order valence-electron chi connectivity index (χ0n) is 25.1. The van der Waals surface area contributed by atoms with Gasteiger partial charge in [-0.25, -0.2) is 24.1 Å². The van der Waals surface area contributed by atoms with Crippen LogP contribution in [0.2, 0.25) is 0 Å².